The smallest absolute Gasteiger partial charge is 0.0936 e. The van der Waals surface area contributed by atoms with Crippen molar-refractivity contribution in [3.05, 3.63) is 29.8 Å². The number of hydrogen-bond donors (Lipinski definition) is 0. The number of benzene rings is 1. The summed E-state index contributed by atoms with van der Waals surface area (Å²) in [6, 6.07) is 3.65. The fraction of sp³-hybridized carbons (Fsp3) is 0.714. The molecule has 0 N–H and O–H groups in total. The molecule has 2 aliphatic carbocycles. The molecule has 1 aromatic carbocycles. The molecule has 2 aliphatic rings. The predicted octanol–water partition coefficient (Wildman–Crippen LogP) is 9.22. The van der Waals surface area contributed by atoms with Gasteiger partial charge in [-0.05, 0) is 79.9 Å². The van der Waals surface area contributed by atoms with Crippen LogP contribution >= 0.6 is 10.2 Å². The third-order valence-electron chi connectivity index (χ3n) is 6.82. The lowest BCUT2D eigenvalue weighted by Crippen LogP contribution is -2.25. The van der Waals surface area contributed by atoms with Crippen molar-refractivity contribution >= 4 is 10.2 Å². The van der Waals surface area contributed by atoms with E-state index in [9.17, 15) is 19.4 Å². The first kappa shape index (κ1) is 20.9. The van der Waals surface area contributed by atoms with Gasteiger partial charge in [0.25, 0.3) is 0 Å². The fourth-order valence-electron chi connectivity index (χ4n) is 5.28. The van der Waals surface area contributed by atoms with Crippen LogP contribution in [-0.4, -0.2) is 0 Å². The van der Waals surface area contributed by atoms with Crippen molar-refractivity contribution in [3.8, 4) is 0 Å². The average molecular weight is 411 g/mol. The summed E-state index contributed by atoms with van der Waals surface area (Å²) in [7, 11) is -9.56. The average Bonchev–Trinajstić information content (AvgIpc) is 2.61. The van der Waals surface area contributed by atoms with Gasteiger partial charge < -0.3 is 0 Å². The van der Waals surface area contributed by atoms with E-state index in [0.29, 0.717) is 12.1 Å². The molecule has 2 saturated carbocycles. The van der Waals surface area contributed by atoms with E-state index in [1.807, 2.05) is 0 Å². The second-order valence-corrected chi connectivity index (χ2v) is 11.1. The molecule has 0 unspecified atom stereocenters. The Hall–Kier alpha value is -0.780. The van der Waals surface area contributed by atoms with Crippen molar-refractivity contribution in [2.24, 2.45) is 17.8 Å². The first-order chi connectivity index (χ1) is 12.5. The number of rotatable bonds is 5. The van der Waals surface area contributed by atoms with Crippen LogP contribution in [0.2, 0.25) is 0 Å². The Balaban J connectivity index is 1.54. The van der Waals surface area contributed by atoms with Crippen LogP contribution in [-0.2, 0) is 0 Å². The Labute approximate surface area is 159 Å². The third-order valence-corrected chi connectivity index (χ3v) is 7.99. The summed E-state index contributed by atoms with van der Waals surface area (Å²) in [4.78, 5) is -1.78. The molecule has 0 bridgehead atoms. The van der Waals surface area contributed by atoms with E-state index >= 15 is 0 Å². The van der Waals surface area contributed by atoms with Crippen LogP contribution in [0.25, 0.3) is 0 Å². The summed E-state index contributed by atoms with van der Waals surface area (Å²) in [6.45, 7) is 2.25. The third kappa shape index (κ3) is 5.39. The molecule has 0 saturated heterocycles. The van der Waals surface area contributed by atoms with Crippen LogP contribution in [0, 0.1) is 17.8 Å². The Morgan fingerprint density at radius 3 is 1.67 bits per heavy atom. The molecule has 156 valence electrons. The maximum Gasteiger partial charge on any atom is 0.310 e. The summed E-state index contributed by atoms with van der Waals surface area (Å²) < 4.78 is 64.3. The minimum Gasteiger partial charge on any atom is -0.0936 e. The molecule has 0 nitrogen and oxygen atoms in total. The van der Waals surface area contributed by atoms with Gasteiger partial charge in [0.05, 0.1) is 0 Å². The number of hydrogen-bond acceptors (Lipinski definition) is 0. The Kier molecular flexibility index (Phi) is 5.37. The first-order valence-corrected chi connectivity index (χ1v) is 12.3. The summed E-state index contributed by atoms with van der Waals surface area (Å²) in [5, 5.41) is 0. The van der Waals surface area contributed by atoms with E-state index in [1.54, 1.807) is 0 Å². The van der Waals surface area contributed by atoms with E-state index < -0.39 is 15.1 Å². The highest BCUT2D eigenvalue weighted by Gasteiger charge is 2.65. The van der Waals surface area contributed by atoms with Gasteiger partial charge in [-0.15, -0.1) is 0 Å². The second kappa shape index (κ2) is 6.93. The van der Waals surface area contributed by atoms with Crippen molar-refractivity contribution in [3.63, 3.8) is 0 Å². The van der Waals surface area contributed by atoms with Crippen LogP contribution in [0.1, 0.15) is 82.6 Å². The molecule has 27 heavy (non-hydrogen) atoms. The van der Waals surface area contributed by atoms with Gasteiger partial charge in [0, 0.05) is 0 Å². The molecule has 0 radical (unpaired) electrons. The first-order valence-electron chi connectivity index (χ1n) is 10.3. The lowest BCUT2D eigenvalue weighted by atomic mass is 9.68. The van der Waals surface area contributed by atoms with Crippen molar-refractivity contribution < 1.29 is 19.4 Å². The molecular formula is C21H31F5S. The van der Waals surface area contributed by atoms with Crippen LogP contribution in [0.15, 0.2) is 29.2 Å². The monoisotopic (exact) mass is 410 g/mol. The van der Waals surface area contributed by atoms with Crippen LogP contribution in [0.4, 0.5) is 19.4 Å². The summed E-state index contributed by atoms with van der Waals surface area (Å²) in [6.07, 6.45) is 12.0. The van der Waals surface area contributed by atoms with Gasteiger partial charge in [-0.2, -0.15) is 0 Å². The predicted molar refractivity (Wildman–Crippen MR) is 103 cm³/mol. The molecule has 6 heteroatoms. The second-order valence-electron chi connectivity index (χ2n) is 8.72. The van der Waals surface area contributed by atoms with E-state index in [4.69, 9.17) is 0 Å². The molecule has 0 aliphatic heterocycles. The van der Waals surface area contributed by atoms with Gasteiger partial charge in [-0.25, -0.2) is 0 Å². The normalized spacial score (nSPS) is 32.5. The summed E-state index contributed by atoms with van der Waals surface area (Å²) in [5.41, 5.74) is 0.769. The summed E-state index contributed by atoms with van der Waals surface area (Å²) >= 11 is 0. The molecule has 0 heterocycles. The van der Waals surface area contributed by atoms with Gasteiger partial charge in [0.2, 0.25) is 0 Å². The minimum atomic E-state index is -9.56. The molecular weight excluding hydrogens is 379 g/mol. The standard InChI is InChI=1S/C21H31F5S/c1-2-3-16-4-6-17(7-5-16)18-8-10-19(11-9-18)20-12-14-21(15-13-20)27(22,23,24,25)26/h12-19H,2-11H2,1H3/t16-,17-,18?,19?. The SMILES string of the molecule is CCC[C@H]1CC[C@H](C2CCC(c3ccc(S(F)(F)(F)(F)F)cc3)CC2)CC1. The lowest BCUT2D eigenvalue weighted by molar-refractivity contribution is 0.156. The molecule has 0 spiro atoms. The van der Waals surface area contributed by atoms with Crippen molar-refractivity contribution in [2.45, 2.75) is 81.9 Å². The Morgan fingerprint density at radius 1 is 0.741 bits per heavy atom. The van der Waals surface area contributed by atoms with Crippen molar-refractivity contribution in [2.75, 3.05) is 0 Å². The summed E-state index contributed by atoms with van der Waals surface area (Å²) in [5.74, 6) is 2.63. The molecule has 0 atom stereocenters. The maximum atomic E-state index is 12.9. The van der Waals surface area contributed by atoms with Gasteiger partial charge >= 0.3 is 10.2 Å². The van der Waals surface area contributed by atoms with Crippen molar-refractivity contribution in [1.82, 2.24) is 0 Å². The molecule has 0 aromatic heterocycles. The molecule has 1 aromatic rings. The van der Waals surface area contributed by atoms with Gasteiger partial charge in [0.15, 0.2) is 0 Å². The minimum absolute atomic E-state index is 0.199. The van der Waals surface area contributed by atoms with Gasteiger partial charge in [0.1, 0.15) is 4.90 Å². The Bertz CT molecular complexity index is 621. The van der Waals surface area contributed by atoms with E-state index in [0.717, 1.165) is 49.0 Å². The number of halogens is 5. The van der Waals surface area contributed by atoms with Crippen LogP contribution < -0.4 is 0 Å². The van der Waals surface area contributed by atoms with Crippen molar-refractivity contribution in [1.29, 1.82) is 0 Å². The highest BCUT2D eigenvalue weighted by molar-refractivity contribution is 8.45. The van der Waals surface area contributed by atoms with E-state index in [2.05, 4.69) is 6.92 Å². The van der Waals surface area contributed by atoms with Gasteiger partial charge in [-0.3, -0.25) is 0 Å². The largest absolute Gasteiger partial charge is 0.310 e. The maximum absolute atomic E-state index is 12.9. The fourth-order valence-corrected chi connectivity index (χ4v) is 5.93. The molecule has 3 rings (SSSR count). The zero-order chi connectivity index (χ0) is 19.8. The quantitative estimate of drug-likeness (QED) is 0.424. The highest BCUT2D eigenvalue weighted by Crippen LogP contribution is 3.02. The zero-order valence-electron chi connectivity index (χ0n) is 16.0. The molecule has 2 fully saturated rings. The highest BCUT2D eigenvalue weighted by atomic mass is 32.5. The van der Waals surface area contributed by atoms with E-state index in [1.165, 1.54) is 50.7 Å². The van der Waals surface area contributed by atoms with Gasteiger partial charge in [-0.1, -0.05) is 64.2 Å². The molecule has 0 amide bonds. The van der Waals surface area contributed by atoms with Crippen LogP contribution in [0.5, 0.6) is 0 Å². The Morgan fingerprint density at radius 2 is 1.22 bits per heavy atom. The van der Waals surface area contributed by atoms with E-state index in [-0.39, 0.29) is 5.92 Å². The lowest BCUT2D eigenvalue weighted by Gasteiger charge is -2.41. The topological polar surface area (TPSA) is 0 Å². The van der Waals surface area contributed by atoms with Crippen LogP contribution in [0.3, 0.4) is 0 Å². The zero-order valence-corrected chi connectivity index (χ0v) is 16.8.